The normalized spacial score (nSPS) is 11.9. The topological polar surface area (TPSA) is 151 Å². The van der Waals surface area contributed by atoms with Crippen LogP contribution in [0.2, 0.25) is 0 Å². The lowest BCUT2D eigenvalue weighted by Crippen LogP contribution is -2.32. The van der Waals surface area contributed by atoms with Crippen molar-refractivity contribution in [3.05, 3.63) is 16.7 Å². The van der Waals surface area contributed by atoms with E-state index in [1.807, 2.05) is 0 Å². The molecule has 3 N–H and O–H groups in total. The molecule has 0 fully saturated rings. The van der Waals surface area contributed by atoms with Crippen LogP contribution in [-0.2, 0) is 19.1 Å². The number of anilines is 1. The number of fused-ring (bicyclic) bond motifs is 1. The summed E-state index contributed by atoms with van der Waals surface area (Å²) in [6.45, 7) is 2.54. The van der Waals surface area contributed by atoms with Gasteiger partial charge >= 0.3 is 11.9 Å². The lowest BCUT2D eigenvalue weighted by atomic mass is 10.3. The number of nitrogens with one attached hydrogen (secondary N) is 1. The fraction of sp³-hybridized carbons (Fsp3) is 0.462. The van der Waals surface area contributed by atoms with Gasteiger partial charge in [-0.25, -0.2) is 4.98 Å². The van der Waals surface area contributed by atoms with Gasteiger partial charge in [0.1, 0.15) is 12.9 Å². The average Bonchev–Trinajstić information content (AvgIpc) is 2.87. The molecule has 0 aliphatic carbocycles. The molecule has 0 aromatic carbocycles. The highest BCUT2D eigenvalue weighted by Gasteiger charge is 2.17. The first-order valence-electron chi connectivity index (χ1n) is 7.03. The number of esters is 2. The SMILES string of the molecule is CC(=O)OCC[C@@H](COC(C)=O)On1cnc2c(=O)[nH]c(N)nc21. The van der Waals surface area contributed by atoms with Gasteiger partial charge in [0, 0.05) is 20.3 Å². The van der Waals surface area contributed by atoms with E-state index in [4.69, 9.17) is 20.0 Å². The van der Waals surface area contributed by atoms with Crippen molar-refractivity contribution in [2.45, 2.75) is 26.4 Å². The number of aromatic nitrogens is 4. The summed E-state index contributed by atoms with van der Waals surface area (Å²) in [5.74, 6) is -1.00. The molecule has 1 atom stereocenters. The molecule has 2 aromatic rings. The van der Waals surface area contributed by atoms with Crippen molar-refractivity contribution in [3.63, 3.8) is 0 Å². The van der Waals surface area contributed by atoms with E-state index in [0.717, 1.165) is 4.73 Å². The third kappa shape index (κ3) is 4.44. The van der Waals surface area contributed by atoms with Gasteiger partial charge in [-0.1, -0.05) is 0 Å². The number of aromatic amines is 1. The number of hydrogen-bond acceptors (Lipinski definition) is 9. The number of rotatable bonds is 7. The van der Waals surface area contributed by atoms with Gasteiger partial charge in [-0.3, -0.25) is 19.4 Å². The highest BCUT2D eigenvalue weighted by Crippen LogP contribution is 2.07. The second-order valence-electron chi connectivity index (χ2n) is 4.85. The smallest absolute Gasteiger partial charge is 0.302 e. The quantitative estimate of drug-likeness (QED) is 0.606. The van der Waals surface area contributed by atoms with E-state index in [9.17, 15) is 14.4 Å². The Balaban J connectivity index is 2.16. The van der Waals surface area contributed by atoms with Crippen LogP contribution in [0.5, 0.6) is 0 Å². The Hall–Kier alpha value is -3.11. The minimum Gasteiger partial charge on any atom is -0.466 e. The van der Waals surface area contributed by atoms with Crippen LogP contribution in [-0.4, -0.2) is 50.9 Å². The number of hydrogen-bond donors (Lipinski definition) is 2. The molecule has 2 rings (SSSR count). The maximum absolute atomic E-state index is 11.7. The van der Waals surface area contributed by atoms with Crippen LogP contribution in [0.4, 0.5) is 5.95 Å². The van der Waals surface area contributed by atoms with Crippen molar-refractivity contribution >= 4 is 29.1 Å². The maximum atomic E-state index is 11.7. The number of carbonyl (C=O) groups is 2. The van der Waals surface area contributed by atoms with Crippen LogP contribution in [0.15, 0.2) is 11.1 Å². The van der Waals surface area contributed by atoms with Crippen molar-refractivity contribution in [1.82, 2.24) is 19.7 Å². The summed E-state index contributed by atoms with van der Waals surface area (Å²) < 4.78 is 10.9. The Kier molecular flexibility index (Phi) is 5.35. The molecule has 0 radical (unpaired) electrons. The highest BCUT2D eigenvalue weighted by atomic mass is 16.7. The number of carbonyl (C=O) groups excluding carboxylic acids is 2. The first-order valence-corrected chi connectivity index (χ1v) is 7.03. The van der Waals surface area contributed by atoms with Gasteiger partial charge in [0.15, 0.2) is 11.6 Å². The second-order valence-corrected chi connectivity index (χ2v) is 4.85. The molecule has 0 bridgehead atoms. The van der Waals surface area contributed by atoms with Crippen LogP contribution >= 0.6 is 0 Å². The summed E-state index contributed by atoms with van der Waals surface area (Å²) in [4.78, 5) is 49.3. The average molecular weight is 339 g/mol. The predicted octanol–water partition coefficient (Wildman–Crippen LogP) is -0.985. The van der Waals surface area contributed by atoms with Gasteiger partial charge in [-0.15, -0.1) is 0 Å². The molecule has 0 spiro atoms. The monoisotopic (exact) mass is 339 g/mol. The van der Waals surface area contributed by atoms with Gasteiger partial charge in [0.05, 0.1) is 6.61 Å². The highest BCUT2D eigenvalue weighted by molar-refractivity contribution is 5.70. The number of nitrogens with two attached hydrogens (primary N) is 1. The van der Waals surface area contributed by atoms with Crippen molar-refractivity contribution < 1.29 is 23.9 Å². The summed E-state index contributed by atoms with van der Waals surface area (Å²) in [6.07, 6.45) is 0.859. The van der Waals surface area contributed by atoms with E-state index < -0.39 is 23.6 Å². The van der Waals surface area contributed by atoms with Crippen LogP contribution in [0, 0.1) is 0 Å². The van der Waals surface area contributed by atoms with E-state index in [0.29, 0.717) is 0 Å². The molecular formula is C13H17N5O6. The Morgan fingerprint density at radius 1 is 1.33 bits per heavy atom. The number of imidazole rings is 1. The summed E-state index contributed by atoms with van der Waals surface area (Å²) in [6, 6.07) is 0. The van der Waals surface area contributed by atoms with Crippen LogP contribution in [0.3, 0.4) is 0 Å². The Bertz CT molecular complexity index is 798. The Morgan fingerprint density at radius 2 is 2.04 bits per heavy atom. The van der Waals surface area contributed by atoms with Crippen LogP contribution in [0.25, 0.3) is 11.2 Å². The molecule has 0 aliphatic rings. The zero-order valence-electron chi connectivity index (χ0n) is 13.1. The summed E-state index contributed by atoms with van der Waals surface area (Å²) in [5, 5.41) is 0. The van der Waals surface area contributed by atoms with E-state index in [1.165, 1.54) is 20.2 Å². The third-order valence-corrected chi connectivity index (χ3v) is 2.88. The van der Waals surface area contributed by atoms with Crippen molar-refractivity contribution in [3.8, 4) is 0 Å². The minimum absolute atomic E-state index is 0.0513. The molecule has 24 heavy (non-hydrogen) atoms. The molecule has 0 unspecified atom stereocenters. The largest absolute Gasteiger partial charge is 0.466 e. The van der Waals surface area contributed by atoms with Crippen molar-refractivity contribution in [1.29, 1.82) is 0 Å². The minimum atomic E-state index is -0.645. The number of nitrogen functional groups attached to an aromatic ring is 1. The van der Waals surface area contributed by atoms with Gasteiger partial charge in [0.2, 0.25) is 11.6 Å². The molecule has 11 nitrogen and oxygen atoms in total. The third-order valence-electron chi connectivity index (χ3n) is 2.88. The summed E-state index contributed by atoms with van der Waals surface area (Å²) in [5.41, 5.74) is 5.18. The summed E-state index contributed by atoms with van der Waals surface area (Å²) >= 11 is 0. The van der Waals surface area contributed by atoms with Crippen molar-refractivity contribution in [2.24, 2.45) is 0 Å². The molecule has 2 heterocycles. The van der Waals surface area contributed by atoms with Crippen LogP contribution in [0.1, 0.15) is 20.3 Å². The lowest BCUT2D eigenvalue weighted by Gasteiger charge is -2.18. The Labute approximate surface area is 135 Å². The molecule has 2 aromatic heterocycles. The van der Waals surface area contributed by atoms with Crippen molar-refractivity contribution in [2.75, 3.05) is 18.9 Å². The van der Waals surface area contributed by atoms with E-state index >= 15 is 0 Å². The zero-order valence-corrected chi connectivity index (χ0v) is 13.1. The standard InChI is InChI=1S/C13H17N5O6/c1-7(19)22-4-3-9(5-23-8(2)20)24-18-6-15-10-11(18)16-13(14)17-12(10)21/h6,9H,3-5H2,1-2H3,(H3,14,16,17,21)/t9-/m0/s1. The number of ether oxygens (including phenoxy) is 2. The van der Waals surface area contributed by atoms with E-state index in [-0.39, 0.29) is 36.7 Å². The lowest BCUT2D eigenvalue weighted by molar-refractivity contribution is -0.148. The predicted molar refractivity (Wildman–Crippen MR) is 80.8 cm³/mol. The number of nitrogens with zero attached hydrogens (tertiary/aromatic N) is 3. The second kappa shape index (κ2) is 7.44. The first kappa shape index (κ1) is 17.2. The fourth-order valence-electron chi connectivity index (χ4n) is 1.86. The van der Waals surface area contributed by atoms with Gasteiger partial charge in [-0.2, -0.15) is 9.71 Å². The maximum Gasteiger partial charge on any atom is 0.302 e. The molecule has 0 amide bonds. The zero-order chi connectivity index (χ0) is 17.7. The molecule has 11 heteroatoms. The van der Waals surface area contributed by atoms with Gasteiger partial charge in [0.25, 0.3) is 5.56 Å². The molecule has 0 saturated carbocycles. The molecule has 130 valence electrons. The molecular weight excluding hydrogens is 322 g/mol. The van der Waals surface area contributed by atoms with Gasteiger partial charge < -0.3 is 20.0 Å². The van der Waals surface area contributed by atoms with E-state index in [2.05, 4.69) is 15.0 Å². The van der Waals surface area contributed by atoms with E-state index in [1.54, 1.807) is 0 Å². The first-order chi connectivity index (χ1) is 11.4. The molecule has 0 saturated heterocycles. The fourth-order valence-corrected chi connectivity index (χ4v) is 1.86. The number of H-pyrrole nitrogens is 1. The van der Waals surface area contributed by atoms with Crippen LogP contribution < -0.4 is 16.1 Å². The Morgan fingerprint density at radius 3 is 2.71 bits per heavy atom. The van der Waals surface area contributed by atoms with Gasteiger partial charge in [-0.05, 0) is 0 Å². The molecule has 0 aliphatic heterocycles. The summed E-state index contributed by atoms with van der Waals surface area (Å²) in [7, 11) is 0.